The zero-order chi connectivity index (χ0) is 18.9. The molecule has 5 rings (SSSR count). The van der Waals surface area contributed by atoms with Gasteiger partial charge in [0.05, 0.1) is 25.9 Å². The van der Waals surface area contributed by atoms with Gasteiger partial charge in [-0.2, -0.15) is 0 Å². The van der Waals surface area contributed by atoms with E-state index in [2.05, 4.69) is 12.1 Å². The highest BCUT2D eigenvalue weighted by Crippen LogP contribution is 2.42. The fourth-order valence-corrected chi connectivity index (χ4v) is 4.08. The molecule has 28 heavy (non-hydrogen) atoms. The van der Waals surface area contributed by atoms with Crippen molar-refractivity contribution < 1.29 is 14.3 Å². The normalized spacial score (nSPS) is 20.3. The molecule has 3 aromatic carbocycles. The summed E-state index contributed by atoms with van der Waals surface area (Å²) in [6.45, 7) is 1.44. The number of hydrogen-bond acceptors (Lipinski definition) is 3. The van der Waals surface area contributed by atoms with Gasteiger partial charge in [0.15, 0.2) is 6.23 Å². The van der Waals surface area contributed by atoms with Crippen LogP contribution < -0.4 is 0 Å². The standard InChI is InChI=1S/C24H21NO3/c26-23-21-12-6-4-10-19(21)20-11-5-7-13-22(20)24-25(23)18(16-28-24)15-27-14-17-8-2-1-3-9-17/h1-13,18,24H,14-16H2/t18-,24+/m0/s1. The number of carbonyl (C=O) groups excluding carboxylic acids is 1. The second-order valence-corrected chi connectivity index (χ2v) is 7.19. The predicted molar refractivity (Wildman–Crippen MR) is 107 cm³/mol. The summed E-state index contributed by atoms with van der Waals surface area (Å²) in [4.78, 5) is 15.3. The quantitative estimate of drug-likeness (QED) is 0.681. The van der Waals surface area contributed by atoms with Crippen LogP contribution in [0.5, 0.6) is 0 Å². The van der Waals surface area contributed by atoms with E-state index in [4.69, 9.17) is 9.47 Å². The van der Waals surface area contributed by atoms with Crippen molar-refractivity contribution in [1.82, 2.24) is 4.90 Å². The molecule has 2 atom stereocenters. The van der Waals surface area contributed by atoms with Crippen LogP contribution in [-0.4, -0.2) is 30.1 Å². The molecule has 0 saturated carbocycles. The predicted octanol–water partition coefficient (Wildman–Crippen LogP) is 4.42. The van der Waals surface area contributed by atoms with Gasteiger partial charge in [0.1, 0.15) is 0 Å². The minimum absolute atomic E-state index is 0.00242. The van der Waals surface area contributed by atoms with Crippen LogP contribution >= 0.6 is 0 Å². The maximum Gasteiger partial charge on any atom is 0.257 e. The summed E-state index contributed by atoms with van der Waals surface area (Å²) in [6, 6.07) is 25.9. The molecular formula is C24H21NO3. The molecule has 1 fully saturated rings. The highest BCUT2D eigenvalue weighted by Gasteiger charge is 2.42. The van der Waals surface area contributed by atoms with E-state index in [1.54, 1.807) is 0 Å². The molecule has 3 aromatic rings. The molecule has 0 spiro atoms. The summed E-state index contributed by atoms with van der Waals surface area (Å²) in [5, 5.41) is 0. The third kappa shape index (κ3) is 2.91. The molecule has 0 unspecified atom stereocenters. The van der Waals surface area contributed by atoms with Crippen molar-refractivity contribution in [1.29, 1.82) is 0 Å². The molecule has 4 heteroatoms. The number of ether oxygens (including phenoxy) is 2. The zero-order valence-electron chi connectivity index (χ0n) is 15.5. The van der Waals surface area contributed by atoms with E-state index in [1.807, 2.05) is 71.6 Å². The van der Waals surface area contributed by atoms with Crippen LogP contribution in [0.2, 0.25) is 0 Å². The Balaban J connectivity index is 1.44. The number of fused-ring (bicyclic) bond motifs is 5. The molecule has 2 aliphatic heterocycles. The highest BCUT2D eigenvalue weighted by atomic mass is 16.5. The van der Waals surface area contributed by atoms with Gasteiger partial charge < -0.3 is 14.4 Å². The first-order valence-electron chi connectivity index (χ1n) is 9.57. The Bertz CT molecular complexity index is 1000. The minimum atomic E-state index is -0.374. The van der Waals surface area contributed by atoms with Gasteiger partial charge in [-0.1, -0.05) is 72.8 Å². The second kappa shape index (κ2) is 7.23. The van der Waals surface area contributed by atoms with Crippen molar-refractivity contribution >= 4 is 5.91 Å². The Morgan fingerprint density at radius 2 is 1.54 bits per heavy atom. The van der Waals surface area contributed by atoms with Crippen LogP contribution in [0.25, 0.3) is 11.1 Å². The Kier molecular flexibility index (Phi) is 4.43. The highest BCUT2D eigenvalue weighted by molar-refractivity contribution is 6.03. The van der Waals surface area contributed by atoms with Crippen LogP contribution in [0.4, 0.5) is 0 Å². The number of rotatable bonds is 4. The second-order valence-electron chi connectivity index (χ2n) is 7.19. The van der Waals surface area contributed by atoms with Gasteiger partial charge in [-0.25, -0.2) is 0 Å². The zero-order valence-corrected chi connectivity index (χ0v) is 15.5. The van der Waals surface area contributed by atoms with Crippen molar-refractivity contribution in [3.05, 3.63) is 95.6 Å². The van der Waals surface area contributed by atoms with Crippen LogP contribution in [-0.2, 0) is 16.1 Å². The first-order chi connectivity index (χ1) is 13.8. The molecular weight excluding hydrogens is 350 g/mol. The van der Waals surface area contributed by atoms with E-state index in [0.717, 1.165) is 27.8 Å². The van der Waals surface area contributed by atoms with E-state index in [9.17, 15) is 4.79 Å². The summed E-state index contributed by atoms with van der Waals surface area (Å²) < 4.78 is 12.0. The van der Waals surface area contributed by atoms with Gasteiger partial charge in [-0.15, -0.1) is 0 Å². The number of nitrogens with zero attached hydrogens (tertiary/aromatic N) is 1. The molecule has 2 aliphatic rings. The lowest BCUT2D eigenvalue weighted by molar-refractivity contribution is 0.0187. The average molecular weight is 371 g/mol. The van der Waals surface area contributed by atoms with Gasteiger partial charge in [-0.05, 0) is 22.8 Å². The summed E-state index contributed by atoms with van der Waals surface area (Å²) >= 11 is 0. The average Bonchev–Trinajstić information content (AvgIpc) is 3.13. The first kappa shape index (κ1) is 17.2. The van der Waals surface area contributed by atoms with E-state index in [0.29, 0.717) is 19.8 Å². The van der Waals surface area contributed by atoms with E-state index < -0.39 is 0 Å². The lowest BCUT2D eigenvalue weighted by Crippen LogP contribution is -2.40. The Morgan fingerprint density at radius 3 is 2.36 bits per heavy atom. The first-order valence-corrected chi connectivity index (χ1v) is 9.57. The van der Waals surface area contributed by atoms with Crippen LogP contribution in [0.1, 0.15) is 27.7 Å². The van der Waals surface area contributed by atoms with Crippen molar-refractivity contribution in [2.45, 2.75) is 18.9 Å². The Morgan fingerprint density at radius 1 is 0.857 bits per heavy atom. The third-order valence-electron chi connectivity index (χ3n) is 5.42. The number of benzene rings is 3. The minimum Gasteiger partial charge on any atom is -0.375 e. The van der Waals surface area contributed by atoms with Crippen molar-refractivity contribution in [3.8, 4) is 11.1 Å². The van der Waals surface area contributed by atoms with Crippen LogP contribution in [0, 0.1) is 0 Å². The molecule has 4 nitrogen and oxygen atoms in total. The molecule has 0 aromatic heterocycles. The Hall–Kier alpha value is -2.95. The molecule has 0 radical (unpaired) electrons. The summed E-state index contributed by atoms with van der Waals surface area (Å²) in [5.74, 6) is 0.00242. The molecule has 1 saturated heterocycles. The smallest absolute Gasteiger partial charge is 0.257 e. The molecule has 0 aliphatic carbocycles. The molecule has 1 amide bonds. The largest absolute Gasteiger partial charge is 0.375 e. The molecule has 140 valence electrons. The SMILES string of the molecule is O=C1c2ccccc2-c2ccccc2[C@H]2OC[C@H](COCc3ccccc3)N12. The van der Waals surface area contributed by atoms with Crippen LogP contribution in [0.15, 0.2) is 78.9 Å². The van der Waals surface area contributed by atoms with E-state index >= 15 is 0 Å². The third-order valence-corrected chi connectivity index (χ3v) is 5.42. The van der Waals surface area contributed by atoms with Gasteiger partial charge in [0.2, 0.25) is 0 Å². The fourth-order valence-electron chi connectivity index (χ4n) is 4.08. The van der Waals surface area contributed by atoms with Crippen LogP contribution in [0.3, 0.4) is 0 Å². The number of amides is 1. The summed E-state index contributed by atoms with van der Waals surface area (Å²) in [7, 11) is 0. The van der Waals surface area contributed by atoms with Crippen molar-refractivity contribution in [2.75, 3.05) is 13.2 Å². The fraction of sp³-hybridized carbons (Fsp3) is 0.208. The topological polar surface area (TPSA) is 38.8 Å². The summed E-state index contributed by atoms with van der Waals surface area (Å²) in [6.07, 6.45) is -0.374. The van der Waals surface area contributed by atoms with Gasteiger partial charge >= 0.3 is 0 Å². The maximum absolute atomic E-state index is 13.4. The maximum atomic E-state index is 13.4. The lowest BCUT2D eigenvalue weighted by Gasteiger charge is -2.27. The van der Waals surface area contributed by atoms with E-state index in [1.165, 1.54) is 0 Å². The molecule has 0 N–H and O–H groups in total. The van der Waals surface area contributed by atoms with Gasteiger partial charge in [0.25, 0.3) is 5.91 Å². The Labute approximate surface area is 164 Å². The number of hydrogen-bond donors (Lipinski definition) is 0. The molecule has 0 bridgehead atoms. The van der Waals surface area contributed by atoms with Gasteiger partial charge in [0, 0.05) is 11.1 Å². The molecule has 2 heterocycles. The number of carbonyl (C=O) groups is 1. The van der Waals surface area contributed by atoms with Crippen molar-refractivity contribution in [3.63, 3.8) is 0 Å². The monoisotopic (exact) mass is 371 g/mol. The van der Waals surface area contributed by atoms with Crippen molar-refractivity contribution in [2.24, 2.45) is 0 Å². The lowest BCUT2D eigenvalue weighted by atomic mass is 9.96. The van der Waals surface area contributed by atoms with Gasteiger partial charge in [-0.3, -0.25) is 4.79 Å². The summed E-state index contributed by atoms with van der Waals surface area (Å²) in [5.41, 5.74) is 4.90. The van der Waals surface area contributed by atoms with E-state index in [-0.39, 0.29) is 18.2 Å².